The fourth-order valence-electron chi connectivity index (χ4n) is 3.96. The van der Waals surface area contributed by atoms with Gasteiger partial charge in [-0.3, -0.25) is 9.88 Å². The predicted octanol–water partition coefficient (Wildman–Crippen LogP) is 4.56. The van der Waals surface area contributed by atoms with Crippen molar-refractivity contribution >= 4 is 11.6 Å². The van der Waals surface area contributed by atoms with Gasteiger partial charge in [0.1, 0.15) is 0 Å². The van der Waals surface area contributed by atoms with Gasteiger partial charge in [-0.1, -0.05) is 23.7 Å². The molecule has 1 aliphatic heterocycles. The van der Waals surface area contributed by atoms with Gasteiger partial charge in [0.05, 0.1) is 0 Å². The lowest BCUT2D eigenvalue weighted by atomic mass is 9.96. The minimum atomic E-state index is 0.520. The van der Waals surface area contributed by atoms with E-state index in [1.54, 1.807) is 0 Å². The van der Waals surface area contributed by atoms with Crippen molar-refractivity contribution in [3.05, 3.63) is 64.4 Å². The number of aromatic nitrogens is 1. The maximum Gasteiger partial charge on any atom is 0.0409 e. The van der Waals surface area contributed by atoms with Crippen LogP contribution in [0.1, 0.15) is 47.9 Å². The summed E-state index contributed by atoms with van der Waals surface area (Å²) in [6, 6.07) is 11.2. The average Bonchev–Trinajstić information content (AvgIpc) is 2.71. The molecule has 2 nitrogen and oxygen atoms in total. The van der Waals surface area contributed by atoms with Gasteiger partial charge in [-0.05, 0) is 66.6 Å². The number of halogens is 1. The molecule has 3 heteroatoms. The maximum atomic E-state index is 6.23. The largest absolute Gasteiger partial charge is 0.292 e. The van der Waals surface area contributed by atoms with Gasteiger partial charge in [0, 0.05) is 30.0 Å². The number of fused-ring (bicyclic) bond motifs is 5. The van der Waals surface area contributed by atoms with Gasteiger partial charge in [0.25, 0.3) is 0 Å². The molecule has 1 fully saturated rings. The monoisotopic (exact) mass is 298 g/mol. The molecule has 2 aliphatic rings. The highest BCUT2D eigenvalue weighted by Crippen LogP contribution is 2.48. The zero-order valence-corrected chi connectivity index (χ0v) is 12.8. The summed E-state index contributed by atoms with van der Waals surface area (Å²) in [6.07, 6.45) is 7.65. The molecule has 2 aromatic rings. The topological polar surface area (TPSA) is 16.1 Å². The van der Waals surface area contributed by atoms with Crippen LogP contribution in [0.3, 0.4) is 0 Å². The van der Waals surface area contributed by atoms with E-state index in [2.05, 4.69) is 28.1 Å². The van der Waals surface area contributed by atoms with Gasteiger partial charge in [-0.15, -0.1) is 0 Å². The summed E-state index contributed by atoms with van der Waals surface area (Å²) in [5.74, 6) is 0.723. The van der Waals surface area contributed by atoms with E-state index in [1.165, 1.54) is 42.5 Å². The van der Waals surface area contributed by atoms with Gasteiger partial charge in [-0.25, -0.2) is 0 Å². The second kappa shape index (κ2) is 5.43. The quantitative estimate of drug-likeness (QED) is 0.808. The van der Waals surface area contributed by atoms with Crippen LogP contribution in [0.15, 0.2) is 42.7 Å². The van der Waals surface area contributed by atoms with E-state index in [9.17, 15) is 0 Å². The number of rotatable bonds is 2. The molecule has 108 valence electrons. The molecule has 0 N–H and O–H groups in total. The van der Waals surface area contributed by atoms with E-state index in [-0.39, 0.29) is 0 Å². The van der Waals surface area contributed by atoms with E-state index in [0.29, 0.717) is 6.04 Å². The van der Waals surface area contributed by atoms with Crippen molar-refractivity contribution in [1.29, 1.82) is 0 Å². The first-order chi connectivity index (χ1) is 10.3. The highest BCUT2D eigenvalue weighted by molar-refractivity contribution is 6.30. The second-order valence-corrected chi connectivity index (χ2v) is 6.63. The van der Waals surface area contributed by atoms with Crippen LogP contribution in [0.5, 0.6) is 0 Å². The second-order valence-electron chi connectivity index (χ2n) is 6.20. The lowest BCUT2D eigenvalue weighted by molar-refractivity contribution is 0.197. The highest BCUT2D eigenvalue weighted by Gasteiger charge is 2.36. The molecule has 21 heavy (non-hydrogen) atoms. The van der Waals surface area contributed by atoms with Crippen molar-refractivity contribution in [1.82, 2.24) is 9.88 Å². The molecular weight excluding hydrogens is 280 g/mol. The van der Waals surface area contributed by atoms with Crippen LogP contribution in [0.25, 0.3) is 0 Å². The number of hydrogen-bond donors (Lipinski definition) is 0. The minimum absolute atomic E-state index is 0.520. The van der Waals surface area contributed by atoms with Crippen molar-refractivity contribution in [2.24, 2.45) is 0 Å². The molecule has 2 heterocycles. The van der Waals surface area contributed by atoms with E-state index >= 15 is 0 Å². The number of nitrogens with zero attached hydrogens (tertiary/aromatic N) is 2. The number of hydrogen-bond acceptors (Lipinski definition) is 2. The fraction of sp³-hybridized carbons (Fsp3) is 0.389. The maximum absolute atomic E-state index is 6.23. The first-order valence-corrected chi connectivity index (χ1v) is 8.11. The standard InChI is InChI=1S/C18H19ClN2/c19-15-5-6-16-14-4-2-8-21(18(9-14)17(16)10-15)12-13-3-1-7-20-11-13/h1,3,5-7,10-11,14,18H,2,4,8-9,12H2/t14?,18-/m1/s1. The molecule has 0 spiro atoms. The van der Waals surface area contributed by atoms with Gasteiger partial charge < -0.3 is 0 Å². The Kier molecular flexibility index (Phi) is 3.44. The summed E-state index contributed by atoms with van der Waals surface area (Å²) in [6.45, 7) is 2.15. The molecule has 0 saturated carbocycles. The average molecular weight is 299 g/mol. The molecule has 0 radical (unpaired) electrons. The van der Waals surface area contributed by atoms with Crippen LogP contribution < -0.4 is 0 Å². The Morgan fingerprint density at radius 1 is 1.24 bits per heavy atom. The predicted molar refractivity (Wildman–Crippen MR) is 85.4 cm³/mol. The zero-order chi connectivity index (χ0) is 14.2. The van der Waals surface area contributed by atoms with E-state index in [0.717, 1.165) is 17.5 Å². The Morgan fingerprint density at radius 3 is 3.05 bits per heavy atom. The van der Waals surface area contributed by atoms with Crippen molar-refractivity contribution in [2.75, 3.05) is 6.54 Å². The third-order valence-corrected chi connectivity index (χ3v) is 5.14. The summed E-state index contributed by atoms with van der Waals surface area (Å²) in [5, 5.41) is 0.862. The molecule has 1 saturated heterocycles. The van der Waals surface area contributed by atoms with Gasteiger partial charge in [-0.2, -0.15) is 0 Å². The van der Waals surface area contributed by atoms with E-state index in [4.69, 9.17) is 11.6 Å². The Morgan fingerprint density at radius 2 is 2.19 bits per heavy atom. The molecular formula is C18H19ClN2. The molecule has 1 aromatic heterocycles. The van der Waals surface area contributed by atoms with Crippen LogP contribution >= 0.6 is 11.6 Å². The third-order valence-electron chi connectivity index (χ3n) is 4.90. The molecule has 4 rings (SSSR count). The fourth-order valence-corrected chi connectivity index (χ4v) is 4.14. The SMILES string of the molecule is Clc1ccc2c(c1)[C@H]1CC2CCCN1Cc1cccnc1. The number of benzene rings is 1. The van der Waals surface area contributed by atoms with Crippen LogP contribution in [-0.4, -0.2) is 16.4 Å². The minimum Gasteiger partial charge on any atom is -0.292 e. The van der Waals surface area contributed by atoms with Crippen molar-refractivity contribution in [2.45, 2.75) is 37.8 Å². The van der Waals surface area contributed by atoms with Crippen molar-refractivity contribution in [3.63, 3.8) is 0 Å². The van der Waals surface area contributed by atoms with Crippen LogP contribution in [0.4, 0.5) is 0 Å². The number of pyridine rings is 1. The first-order valence-electron chi connectivity index (χ1n) is 7.73. The molecule has 1 aromatic carbocycles. The van der Waals surface area contributed by atoms with Crippen molar-refractivity contribution < 1.29 is 0 Å². The normalized spacial score (nSPS) is 24.6. The lowest BCUT2D eigenvalue weighted by Gasteiger charge is -2.29. The Balaban J connectivity index is 1.67. The molecule has 2 atom stereocenters. The van der Waals surface area contributed by atoms with Gasteiger partial charge in [0.15, 0.2) is 0 Å². The molecule has 1 unspecified atom stereocenters. The number of likely N-dealkylation sites (tertiary alicyclic amines) is 1. The first kappa shape index (κ1) is 13.3. The Bertz CT molecular complexity index is 641. The Labute approximate surface area is 130 Å². The highest BCUT2D eigenvalue weighted by atomic mass is 35.5. The smallest absolute Gasteiger partial charge is 0.0409 e. The van der Waals surface area contributed by atoms with E-state index in [1.807, 2.05) is 24.5 Å². The van der Waals surface area contributed by atoms with E-state index < -0.39 is 0 Å². The zero-order valence-electron chi connectivity index (χ0n) is 12.0. The van der Waals surface area contributed by atoms with Gasteiger partial charge in [0.2, 0.25) is 0 Å². The lowest BCUT2D eigenvalue weighted by Crippen LogP contribution is -2.27. The summed E-state index contributed by atoms with van der Waals surface area (Å²) >= 11 is 6.23. The summed E-state index contributed by atoms with van der Waals surface area (Å²) in [4.78, 5) is 6.86. The molecule has 1 aliphatic carbocycles. The van der Waals surface area contributed by atoms with Crippen molar-refractivity contribution in [3.8, 4) is 0 Å². The summed E-state index contributed by atoms with van der Waals surface area (Å²) in [7, 11) is 0. The van der Waals surface area contributed by atoms with Gasteiger partial charge >= 0.3 is 0 Å². The van der Waals surface area contributed by atoms with Crippen LogP contribution in [-0.2, 0) is 6.54 Å². The van der Waals surface area contributed by atoms with Crippen LogP contribution in [0.2, 0.25) is 5.02 Å². The Hall–Kier alpha value is -1.38. The molecule has 0 amide bonds. The summed E-state index contributed by atoms with van der Waals surface area (Å²) in [5.41, 5.74) is 4.28. The van der Waals surface area contributed by atoms with Crippen LogP contribution in [0, 0.1) is 0 Å². The molecule has 2 bridgehead atoms. The third kappa shape index (κ3) is 2.47. The summed E-state index contributed by atoms with van der Waals surface area (Å²) < 4.78 is 0.